The maximum Gasteiger partial charge on any atom is 0.146 e. The molecule has 1 saturated heterocycles. The third kappa shape index (κ3) is 2.30. The van der Waals surface area contributed by atoms with Crippen LogP contribution in [0.5, 0.6) is 0 Å². The minimum Gasteiger partial charge on any atom is -0.311 e. The van der Waals surface area contributed by atoms with Gasteiger partial charge in [0.2, 0.25) is 0 Å². The molecule has 0 aliphatic carbocycles. The van der Waals surface area contributed by atoms with E-state index in [1.54, 1.807) is 0 Å². The number of para-hydroxylation sites is 1. The standard InChI is InChI=1S/C14H17Cl2N3/c1-10(15)14-17-12-7-5-6-11(16)13(12)19(14)18-8-3-2-4-9-18/h5-7,10H,2-4,8-9H2,1H3. The molecule has 3 rings (SSSR count). The average Bonchev–Trinajstić information content (AvgIpc) is 2.81. The van der Waals surface area contributed by atoms with E-state index in [4.69, 9.17) is 23.2 Å². The third-order valence-corrected chi connectivity index (χ3v) is 4.10. The van der Waals surface area contributed by atoms with E-state index in [0.717, 1.165) is 35.0 Å². The minimum atomic E-state index is -0.134. The summed E-state index contributed by atoms with van der Waals surface area (Å²) in [5, 5.41) is 2.92. The zero-order valence-electron chi connectivity index (χ0n) is 10.9. The Kier molecular flexibility index (Phi) is 3.59. The number of imidazole rings is 1. The Labute approximate surface area is 123 Å². The highest BCUT2D eigenvalue weighted by molar-refractivity contribution is 6.35. The van der Waals surface area contributed by atoms with Crippen LogP contribution in [0.2, 0.25) is 5.02 Å². The maximum absolute atomic E-state index is 6.37. The van der Waals surface area contributed by atoms with Crippen molar-refractivity contribution in [1.29, 1.82) is 0 Å². The molecule has 0 radical (unpaired) electrons. The van der Waals surface area contributed by atoms with Crippen molar-refractivity contribution < 1.29 is 0 Å². The number of halogens is 2. The minimum absolute atomic E-state index is 0.134. The number of piperidine rings is 1. The molecule has 1 aromatic heterocycles. The lowest BCUT2D eigenvalue weighted by atomic mass is 10.2. The van der Waals surface area contributed by atoms with Crippen LogP contribution in [0.1, 0.15) is 37.4 Å². The van der Waals surface area contributed by atoms with Crippen molar-refractivity contribution in [2.24, 2.45) is 0 Å². The topological polar surface area (TPSA) is 21.1 Å². The summed E-state index contributed by atoms with van der Waals surface area (Å²) in [7, 11) is 0. The summed E-state index contributed by atoms with van der Waals surface area (Å²) in [5.41, 5.74) is 1.90. The Morgan fingerprint density at radius 2 is 1.95 bits per heavy atom. The van der Waals surface area contributed by atoms with Crippen molar-refractivity contribution in [2.75, 3.05) is 18.1 Å². The van der Waals surface area contributed by atoms with E-state index < -0.39 is 0 Å². The van der Waals surface area contributed by atoms with Crippen LogP contribution in [0.3, 0.4) is 0 Å². The molecule has 19 heavy (non-hydrogen) atoms. The van der Waals surface area contributed by atoms with Crippen molar-refractivity contribution >= 4 is 34.2 Å². The predicted molar refractivity (Wildman–Crippen MR) is 80.8 cm³/mol. The van der Waals surface area contributed by atoms with Crippen LogP contribution in [0.4, 0.5) is 0 Å². The molecule has 2 heterocycles. The lowest BCUT2D eigenvalue weighted by molar-refractivity contribution is 0.475. The lowest BCUT2D eigenvalue weighted by Crippen LogP contribution is -2.40. The monoisotopic (exact) mass is 297 g/mol. The number of rotatable bonds is 2. The van der Waals surface area contributed by atoms with Gasteiger partial charge in [-0.3, -0.25) is 0 Å². The molecule has 0 amide bonds. The summed E-state index contributed by atoms with van der Waals surface area (Å²) in [6.07, 6.45) is 3.71. The van der Waals surface area contributed by atoms with Crippen LogP contribution in [-0.2, 0) is 0 Å². The van der Waals surface area contributed by atoms with E-state index >= 15 is 0 Å². The van der Waals surface area contributed by atoms with Gasteiger partial charge < -0.3 is 5.01 Å². The number of benzene rings is 1. The highest BCUT2D eigenvalue weighted by Crippen LogP contribution is 2.30. The molecule has 0 saturated carbocycles. The maximum atomic E-state index is 6.37. The molecule has 3 nitrogen and oxygen atoms in total. The number of fused-ring (bicyclic) bond motifs is 1. The number of alkyl halides is 1. The Morgan fingerprint density at radius 1 is 1.21 bits per heavy atom. The molecule has 1 fully saturated rings. The van der Waals surface area contributed by atoms with Gasteiger partial charge >= 0.3 is 0 Å². The number of nitrogens with zero attached hydrogens (tertiary/aromatic N) is 3. The normalized spacial score (nSPS) is 17.9. The molecule has 1 unspecified atom stereocenters. The molecule has 5 heteroatoms. The summed E-state index contributed by atoms with van der Waals surface area (Å²) in [6, 6.07) is 5.83. The van der Waals surface area contributed by atoms with Gasteiger partial charge in [-0.2, -0.15) is 0 Å². The van der Waals surface area contributed by atoms with Gasteiger partial charge in [-0.1, -0.05) is 17.7 Å². The number of aromatic nitrogens is 2. The molecule has 2 aromatic rings. The summed E-state index contributed by atoms with van der Waals surface area (Å²) < 4.78 is 2.13. The molecular weight excluding hydrogens is 281 g/mol. The first kappa shape index (κ1) is 13.1. The van der Waals surface area contributed by atoms with E-state index in [1.165, 1.54) is 19.3 Å². The summed E-state index contributed by atoms with van der Waals surface area (Å²) >= 11 is 12.7. The van der Waals surface area contributed by atoms with E-state index in [0.29, 0.717) is 0 Å². The highest BCUT2D eigenvalue weighted by Gasteiger charge is 2.22. The van der Waals surface area contributed by atoms with Crippen LogP contribution in [0, 0.1) is 0 Å². The summed E-state index contributed by atoms with van der Waals surface area (Å²) in [5.74, 6) is 0.881. The van der Waals surface area contributed by atoms with Crippen LogP contribution in [0.25, 0.3) is 11.0 Å². The summed E-state index contributed by atoms with van der Waals surface area (Å²) in [6.45, 7) is 4.03. The molecule has 1 aromatic carbocycles. The van der Waals surface area contributed by atoms with Crippen LogP contribution < -0.4 is 5.01 Å². The molecule has 0 bridgehead atoms. The smallest absolute Gasteiger partial charge is 0.146 e. The highest BCUT2D eigenvalue weighted by atomic mass is 35.5. The van der Waals surface area contributed by atoms with Crippen LogP contribution in [0.15, 0.2) is 18.2 Å². The second kappa shape index (κ2) is 5.22. The Balaban J connectivity index is 2.20. The van der Waals surface area contributed by atoms with Gasteiger partial charge in [-0.25, -0.2) is 9.66 Å². The quantitative estimate of drug-likeness (QED) is 0.778. The van der Waals surface area contributed by atoms with Crippen molar-refractivity contribution in [2.45, 2.75) is 31.6 Å². The lowest BCUT2D eigenvalue weighted by Gasteiger charge is -2.32. The fraction of sp³-hybridized carbons (Fsp3) is 0.500. The van der Waals surface area contributed by atoms with Crippen molar-refractivity contribution in [3.8, 4) is 0 Å². The average molecular weight is 298 g/mol. The SMILES string of the molecule is CC(Cl)c1nc2cccc(Cl)c2n1N1CCCCC1. The zero-order chi connectivity index (χ0) is 13.4. The van der Waals surface area contributed by atoms with Gasteiger partial charge in [0, 0.05) is 13.1 Å². The molecule has 1 atom stereocenters. The zero-order valence-corrected chi connectivity index (χ0v) is 12.5. The second-order valence-electron chi connectivity index (χ2n) is 5.02. The predicted octanol–water partition coefficient (Wildman–Crippen LogP) is 4.11. The largest absolute Gasteiger partial charge is 0.311 e. The van der Waals surface area contributed by atoms with Crippen molar-refractivity contribution in [3.63, 3.8) is 0 Å². The molecule has 0 N–H and O–H groups in total. The van der Waals surface area contributed by atoms with Gasteiger partial charge in [-0.05, 0) is 38.3 Å². The fourth-order valence-corrected chi connectivity index (χ4v) is 3.10. The van der Waals surface area contributed by atoms with Crippen LogP contribution >= 0.6 is 23.2 Å². The van der Waals surface area contributed by atoms with E-state index in [9.17, 15) is 0 Å². The second-order valence-corrected chi connectivity index (χ2v) is 6.08. The number of hydrogen-bond acceptors (Lipinski definition) is 2. The van der Waals surface area contributed by atoms with Crippen LogP contribution in [-0.4, -0.2) is 22.7 Å². The van der Waals surface area contributed by atoms with Gasteiger partial charge in [-0.15, -0.1) is 11.6 Å². The Morgan fingerprint density at radius 3 is 2.63 bits per heavy atom. The Bertz CT molecular complexity index is 586. The molecule has 1 aliphatic heterocycles. The van der Waals surface area contributed by atoms with Gasteiger partial charge in [0.25, 0.3) is 0 Å². The van der Waals surface area contributed by atoms with Crippen molar-refractivity contribution in [1.82, 2.24) is 9.66 Å². The van der Waals surface area contributed by atoms with E-state index in [-0.39, 0.29) is 5.38 Å². The fourth-order valence-electron chi connectivity index (χ4n) is 2.71. The molecule has 1 aliphatic rings. The van der Waals surface area contributed by atoms with Gasteiger partial charge in [0.1, 0.15) is 11.3 Å². The first-order valence-corrected chi connectivity index (χ1v) is 7.56. The first-order chi connectivity index (χ1) is 9.18. The number of hydrogen-bond donors (Lipinski definition) is 0. The van der Waals surface area contributed by atoms with Gasteiger partial charge in [0.05, 0.1) is 15.9 Å². The summed E-state index contributed by atoms with van der Waals surface area (Å²) in [4.78, 5) is 4.65. The van der Waals surface area contributed by atoms with Gasteiger partial charge in [0.15, 0.2) is 0 Å². The van der Waals surface area contributed by atoms with E-state index in [1.807, 2.05) is 25.1 Å². The third-order valence-electron chi connectivity index (χ3n) is 3.60. The first-order valence-electron chi connectivity index (χ1n) is 6.74. The van der Waals surface area contributed by atoms with E-state index in [2.05, 4.69) is 14.7 Å². The van der Waals surface area contributed by atoms with Crippen molar-refractivity contribution in [3.05, 3.63) is 29.0 Å². The Hall–Kier alpha value is -0.930. The molecule has 102 valence electrons. The molecular formula is C14H17Cl2N3. The molecule has 0 spiro atoms.